The Bertz CT molecular complexity index is 482. The van der Waals surface area contributed by atoms with Gasteiger partial charge in [0.2, 0.25) is 0 Å². The van der Waals surface area contributed by atoms with Crippen LogP contribution in [-0.4, -0.2) is 6.54 Å². The van der Waals surface area contributed by atoms with E-state index in [9.17, 15) is 0 Å². The molecule has 17 heavy (non-hydrogen) atoms. The van der Waals surface area contributed by atoms with Crippen molar-refractivity contribution >= 4 is 27.7 Å². The van der Waals surface area contributed by atoms with Crippen molar-refractivity contribution in [2.45, 2.75) is 16.2 Å². The van der Waals surface area contributed by atoms with E-state index in [4.69, 9.17) is 5.73 Å². The number of rotatable bonds is 4. The van der Waals surface area contributed by atoms with Crippen LogP contribution in [0.3, 0.4) is 0 Å². The lowest BCUT2D eigenvalue weighted by Crippen LogP contribution is -2.02. The average Bonchev–Trinajstić information content (AvgIpc) is 2.32. The summed E-state index contributed by atoms with van der Waals surface area (Å²) in [5.41, 5.74) is 6.83. The van der Waals surface area contributed by atoms with Crippen LogP contribution in [0.2, 0.25) is 0 Å². The molecule has 0 saturated heterocycles. The number of halogens is 1. The van der Waals surface area contributed by atoms with Crippen molar-refractivity contribution in [2.24, 2.45) is 5.73 Å². The third kappa shape index (κ3) is 3.87. The van der Waals surface area contributed by atoms with Gasteiger partial charge < -0.3 is 5.73 Å². The number of benzene rings is 2. The van der Waals surface area contributed by atoms with Gasteiger partial charge in [0.15, 0.2) is 0 Å². The molecule has 0 aliphatic heterocycles. The van der Waals surface area contributed by atoms with Crippen molar-refractivity contribution in [2.75, 3.05) is 6.54 Å². The van der Waals surface area contributed by atoms with Crippen LogP contribution in [0.5, 0.6) is 0 Å². The van der Waals surface area contributed by atoms with Gasteiger partial charge in [-0.25, -0.2) is 0 Å². The Morgan fingerprint density at radius 1 is 1.00 bits per heavy atom. The second-order valence-electron chi connectivity index (χ2n) is 3.74. The van der Waals surface area contributed by atoms with Crippen LogP contribution in [0.15, 0.2) is 62.8 Å². The second kappa shape index (κ2) is 6.24. The van der Waals surface area contributed by atoms with Crippen molar-refractivity contribution in [3.05, 3.63) is 58.6 Å². The van der Waals surface area contributed by atoms with Gasteiger partial charge in [-0.1, -0.05) is 45.9 Å². The molecule has 2 aromatic carbocycles. The summed E-state index contributed by atoms with van der Waals surface area (Å²) in [5, 5.41) is 0. The molecule has 2 rings (SSSR count). The number of hydrogen-bond acceptors (Lipinski definition) is 2. The van der Waals surface area contributed by atoms with Crippen molar-refractivity contribution < 1.29 is 0 Å². The van der Waals surface area contributed by atoms with E-state index in [1.807, 2.05) is 6.07 Å². The van der Waals surface area contributed by atoms with Gasteiger partial charge in [-0.2, -0.15) is 0 Å². The van der Waals surface area contributed by atoms with E-state index >= 15 is 0 Å². The molecule has 0 radical (unpaired) electrons. The Hall–Kier alpha value is -0.770. The average molecular weight is 308 g/mol. The van der Waals surface area contributed by atoms with Crippen LogP contribution in [-0.2, 0) is 6.42 Å². The van der Waals surface area contributed by atoms with Crippen molar-refractivity contribution in [1.82, 2.24) is 0 Å². The lowest BCUT2D eigenvalue weighted by molar-refractivity contribution is 0.966. The summed E-state index contributed by atoms with van der Waals surface area (Å²) in [5.74, 6) is 0. The van der Waals surface area contributed by atoms with Gasteiger partial charge in [0, 0.05) is 14.3 Å². The van der Waals surface area contributed by atoms with E-state index in [0.29, 0.717) is 6.54 Å². The Balaban J connectivity index is 2.08. The van der Waals surface area contributed by atoms with Crippen LogP contribution in [0.4, 0.5) is 0 Å². The molecule has 0 aromatic heterocycles. The summed E-state index contributed by atoms with van der Waals surface area (Å²) < 4.78 is 1.11. The fraction of sp³-hybridized carbons (Fsp3) is 0.143. The van der Waals surface area contributed by atoms with Gasteiger partial charge >= 0.3 is 0 Å². The highest BCUT2D eigenvalue weighted by Gasteiger charge is 1.98. The molecule has 0 fully saturated rings. The third-order valence-electron chi connectivity index (χ3n) is 2.39. The first kappa shape index (κ1) is 12.7. The van der Waals surface area contributed by atoms with Gasteiger partial charge in [-0.05, 0) is 48.9 Å². The second-order valence-corrected chi connectivity index (χ2v) is 5.80. The standard InChI is InChI=1S/C14H14BrNS/c15-12-2-1-3-14(10-12)17-13-6-4-11(5-7-13)8-9-16/h1-7,10H,8-9,16H2. The van der Waals surface area contributed by atoms with E-state index in [-0.39, 0.29) is 0 Å². The third-order valence-corrected chi connectivity index (χ3v) is 3.88. The predicted octanol–water partition coefficient (Wildman–Crippen LogP) is 4.10. The molecule has 0 aliphatic carbocycles. The van der Waals surface area contributed by atoms with Gasteiger partial charge in [0.25, 0.3) is 0 Å². The van der Waals surface area contributed by atoms with Crippen LogP contribution >= 0.6 is 27.7 Å². The quantitative estimate of drug-likeness (QED) is 0.920. The van der Waals surface area contributed by atoms with Crippen LogP contribution < -0.4 is 5.73 Å². The molecular formula is C14H14BrNS. The monoisotopic (exact) mass is 307 g/mol. The zero-order chi connectivity index (χ0) is 12.1. The van der Waals surface area contributed by atoms with Crippen LogP contribution in [0, 0.1) is 0 Å². The minimum Gasteiger partial charge on any atom is -0.330 e. The lowest BCUT2D eigenvalue weighted by Gasteiger charge is -2.04. The summed E-state index contributed by atoms with van der Waals surface area (Å²) in [7, 11) is 0. The molecule has 1 nitrogen and oxygen atoms in total. The predicted molar refractivity (Wildman–Crippen MR) is 77.5 cm³/mol. The molecule has 2 N–H and O–H groups in total. The number of nitrogens with two attached hydrogens (primary N) is 1. The van der Waals surface area contributed by atoms with Crippen molar-refractivity contribution in [1.29, 1.82) is 0 Å². The summed E-state index contributed by atoms with van der Waals surface area (Å²) in [4.78, 5) is 2.50. The first-order valence-electron chi connectivity index (χ1n) is 5.50. The normalized spacial score (nSPS) is 10.5. The van der Waals surface area contributed by atoms with Gasteiger partial charge in [-0.3, -0.25) is 0 Å². The van der Waals surface area contributed by atoms with E-state index < -0.39 is 0 Å². The molecule has 0 saturated carbocycles. The first-order chi connectivity index (χ1) is 8.28. The summed E-state index contributed by atoms with van der Waals surface area (Å²) in [6.07, 6.45) is 0.946. The maximum absolute atomic E-state index is 5.53. The highest BCUT2D eigenvalue weighted by atomic mass is 79.9. The fourth-order valence-electron chi connectivity index (χ4n) is 1.56. The smallest absolute Gasteiger partial charge is 0.0186 e. The Morgan fingerprint density at radius 3 is 2.41 bits per heavy atom. The molecule has 0 heterocycles. The first-order valence-corrected chi connectivity index (χ1v) is 7.11. The SMILES string of the molecule is NCCc1ccc(Sc2cccc(Br)c2)cc1. The Kier molecular flexibility index (Phi) is 4.66. The van der Waals surface area contributed by atoms with E-state index in [1.54, 1.807) is 11.8 Å². The Morgan fingerprint density at radius 2 is 1.76 bits per heavy atom. The van der Waals surface area contributed by atoms with Gasteiger partial charge in [0.05, 0.1) is 0 Å². The molecule has 3 heteroatoms. The number of hydrogen-bond donors (Lipinski definition) is 1. The zero-order valence-corrected chi connectivity index (χ0v) is 11.8. The van der Waals surface area contributed by atoms with Crippen LogP contribution in [0.1, 0.15) is 5.56 Å². The highest BCUT2D eigenvalue weighted by Crippen LogP contribution is 2.29. The zero-order valence-electron chi connectivity index (χ0n) is 9.40. The molecule has 2 aromatic rings. The molecular weight excluding hydrogens is 294 g/mol. The molecule has 0 bridgehead atoms. The largest absolute Gasteiger partial charge is 0.330 e. The van der Waals surface area contributed by atoms with Crippen molar-refractivity contribution in [3.8, 4) is 0 Å². The topological polar surface area (TPSA) is 26.0 Å². The molecule has 0 aliphatic rings. The minimum atomic E-state index is 0.706. The van der Waals surface area contributed by atoms with Gasteiger partial charge in [-0.15, -0.1) is 0 Å². The fourth-order valence-corrected chi connectivity index (χ4v) is 2.98. The lowest BCUT2D eigenvalue weighted by atomic mass is 10.2. The summed E-state index contributed by atoms with van der Waals surface area (Å²) >= 11 is 5.25. The van der Waals surface area contributed by atoms with E-state index in [1.165, 1.54) is 15.4 Å². The molecule has 88 valence electrons. The molecule has 0 spiro atoms. The molecule has 0 atom stereocenters. The van der Waals surface area contributed by atoms with E-state index in [0.717, 1.165) is 10.9 Å². The van der Waals surface area contributed by atoms with Crippen molar-refractivity contribution in [3.63, 3.8) is 0 Å². The van der Waals surface area contributed by atoms with Crippen LogP contribution in [0.25, 0.3) is 0 Å². The summed E-state index contributed by atoms with van der Waals surface area (Å²) in [6.45, 7) is 0.706. The maximum Gasteiger partial charge on any atom is 0.0186 e. The minimum absolute atomic E-state index is 0.706. The highest BCUT2D eigenvalue weighted by molar-refractivity contribution is 9.10. The Labute approximate surface area is 115 Å². The molecule has 0 amide bonds. The molecule has 0 unspecified atom stereocenters. The summed E-state index contributed by atoms with van der Waals surface area (Å²) in [6, 6.07) is 16.9. The van der Waals surface area contributed by atoms with Gasteiger partial charge in [0.1, 0.15) is 0 Å². The van der Waals surface area contributed by atoms with E-state index in [2.05, 4.69) is 58.4 Å². The maximum atomic E-state index is 5.53.